The zero-order valence-electron chi connectivity index (χ0n) is 12.0. The van der Waals surface area contributed by atoms with E-state index in [4.69, 9.17) is 5.11 Å². The molecule has 0 aliphatic rings. The van der Waals surface area contributed by atoms with E-state index in [0.29, 0.717) is 5.92 Å². The zero-order chi connectivity index (χ0) is 15.3. The summed E-state index contributed by atoms with van der Waals surface area (Å²) in [5.74, 6) is -0.552. The second-order valence-corrected chi connectivity index (χ2v) is 7.04. The second kappa shape index (κ2) is 6.85. The van der Waals surface area contributed by atoms with Gasteiger partial charge in [-0.05, 0) is 49.9 Å². The largest absolute Gasteiger partial charge is 0.478 e. The first-order chi connectivity index (χ1) is 9.22. The number of hydrogen-bond donors (Lipinski definition) is 2. The predicted octanol–water partition coefficient (Wildman–Crippen LogP) is 2.49. The summed E-state index contributed by atoms with van der Waals surface area (Å²) < 4.78 is 26.8. The quantitative estimate of drug-likeness (QED) is 0.810. The van der Waals surface area contributed by atoms with Gasteiger partial charge in [0.15, 0.2) is 0 Å². The van der Waals surface area contributed by atoms with Crippen molar-refractivity contribution in [3.05, 3.63) is 29.8 Å². The molecule has 6 heteroatoms. The molecule has 1 aromatic rings. The van der Waals surface area contributed by atoms with Crippen LogP contribution in [0, 0.1) is 5.92 Å². The molecule has 0 aromatic heterocycles. The summed E-state index contributed by atoms with van der Waals surface area (Å²) in [6.07, 6.45) is 1.71. The van der Waals surface area contributed by atoms with Crippen LogP contribution in [0.1, 0.15) is 44.0 Å². The van der Waals surface area contributed by atoms with Crippen molar-refractivity contribution in [2.24, 2.45) is 5.92 Å². The van der Waals surface area contributed by atoms with E-state index in [9.17, 15) is 13.2 Å². The Morgan fingerprint density at radius 2 is 1.70 bits per heavy atom. The lowest BCUT2D eigenvalue weighted by molar-refractivity contribution is 0.0696. The highest BCUT2D eigenvalue weighted by Crippen LogP contribution is 2.13. The Kier molecular flexibility index (Phi) is 5.71. The predicted molar refractivity (Wildman–Crippen MR) is 77.3 cm³/mol. The first-order valence-electron chi connectivity index (χ1n) is 6.58. The molecule has 0 heterocycles. The number of carbonyl (C=O) groups is 1. The molecule has 0 radical (unpaired) electrons. The SMILES string of the molecule is CC(C)CCC(C)NS(=O)(=O)c1ccc(C(=O)O)cc1. The van der Waals surface area contributed by atoms with E-state index in [0.717, 1.165) is 12.8 Å². The fourth-order valence-corrected chi connectivity index (χ4v) is 3.03. The van der Waals surface area contributed by atoms with E-state index < -0.39 is 16.0 Å². The summed E-state index contributed by atoms with van der Waals surface area (Å²) in [6, 6.07) is 5.04. The average Bonchev–Trinajstić information content (AvgIpc) is 2.36. The van der Waals surface area contributed by atoms with E-state index in [1.165, 1.54) is 24.3 Å². The van der Waals surface area contributed by atoms with Crippen molar-refractivity contribution in [3.8, 4) is 0 Å². The number of carboxylic acids is 1. The Bertz CT molecular complexity index is 549. The number of hydrogen-bond acceptors (Lipinski definition) is 3. The summed E-state index contributed by atoms with van der Waals surface area (Å²) in [5, 5.41) is 8.78. The van der Waals surface area contributed by atoms with Crippen molar-refractivity contribution < 1.29 is 18.3 Å². The van der Waals surface area contributed by atoms with Gasteiger partial charge in [-0.2, -0.15) is 0 Å². The Hall–Kier alpha value is -1.40. The lowest BCUT2D eigenvalue weighted by Crippen LogP contribution is -2.32. The summed E-state index contributed by atoms with van der Waals surface area (Å²) >= 11 is 0. The van der Waals surface area contributed by atoms with Crippen molar-refractivity contribution in [1.82, 2.24) is 4.72 Å². The maximum absolute atomic E-state index is 12.1. The van der Waals surface area contributed by atoms with Crippen LogP contribution >= 0.6 is 0 Å². The highest BCUT2D eigenvalue weighted by atomic mass is 32.2. The van der Waals surface area contributed by atoms with Gasteiger partial charge in [-0.1, -0.05) is 13.8 Å². The molecule has 0 saturated heterocycles. The molecule has 0 aliphatic carbocycles. The molecule has 20 heavy (non-hydrogen) atoms. The standard InChI is InChI=1S/C14H21NO4S/c1-10(2)4-5-11(3)15-20(18,19)13-8-6-12(7-9-13)14(16)17/h6-11,15H,4-5H2,1-3H3,(H,16,17). The van der Waals surface area contributed by atoms with Gasteiger partial charge in [-0.25, -0.2) is 17.9 Å². The van der Waals surface area contributed by atoms with Gasteiger partial charge in [-0.3, -0.25) is 0 Å². The topological polar surface area (TPSA) is 83.5 Å². The molecule has 0 spiro atoms. The summed E-state index contributed by atoms with van der Waals surface area (Å²) in [7, 11) is -3.59. The van der Waals surface area contributed by atoms with Crippen LogP contribution in [-0.2, 0) is 10.0 Å². The molecule has 0 aliphatic heterocycles. The fourth-order valence-electron chi connectivity index (χ4n) is 1.75. The number of rotatable bonds is 7. The van der Waals surface area contributed by atoms with E-state index in [-0.39, 0.29) is 16.5 Å². The van der Waals surface area contributed by atoms with Crippen molar-refractivity contribution in [3.63, 3.8) is 0 Å². The molecule has 0 fully saturated rings. The third-order valence-electron chi connectivity index (χ3n) is 2.94. The fraction of sp³-hybridized carbons (Fsp3) is 0.500. The first-order valence-corrected chi connectivity index (χ1v) is 8.06. The van der Waals surface area contributed by atoms with Crippen LogP contribution in [-0.4, -0.2) is 25.5 Å². The smallest absolute Gasteiger partial charge is 0.335 e. The van der Waals surface area contributed by atoms with E-state index in [1.54, 1.807) is 0 Å². The molecule has 112 valence electrons. The van der Waals surface area contributed by atoms with Crippen LogP contribution < -0.4 is 4.72 Å². The Morgan fingerprint density at radius 1 is 1.15 bits per heavy atom. The maximum atomic E-state index is 12.1. The molecule has 5 nitrogen and oxygen atoms in total. The van der Waals surface area contributed by atoms with Crippen LogP contribution in [0.4, 0.5) is 0 Å². The molecule has 0 saturated carbocycles. The molecular formula is C14H21NO4S. The Labute approximate surface area is 120 Å². The minimum absolute atomic E-state index is 0.0665. The van der Waals surface area contributed by atoms with Crippen molar-refractivity contribution in [2.45, 2.75) is 44.6 Å². The van der Waals surface area contributed by atoms with Crippen LogP contribution in [0.15, 0.2) is 29.2 Å². The summed E-state index contributed by atoms with van der Waals surface area (Å²) in [4.78, 5) is 10.8. The lowest BCUT2D eigenvalue weighted by atomic mass is 10.1. The van der Waals surface area contributed by atoms with Crippen molar-refractivity contribution in [1.29, 1.82) is 0 Å². The van der Waals surface area contributed by atoms with Crippen LogP contribution in [0.2, 0.25) is 0 Å². The first kappa shape index (κ1) is 16.7. The maximum Gasteiger partial charge on any atom is 0.335 e. The Balaban J connectivity index is 2.75. The minimum Gasteiger partial charge on any atom is -0.478 e. The van der Waals surface area contributed by atoms with Gasteiger partial charge in [0.25, 0.3) is 0 Å². The van der Waals surface area contributed by atoms with E-state index in [1.807, 2.05) is 6.92 Å². The molecule has 2 N–H and O–H groups in total. The normalized spacial score (nSPS) is 13.4. The molecule has 0 amide bonds. The highest BCUT2D eigenvalue weighted by Gasteiger charge is 2.17. The molecule has 1 atom stereocenters. The number of nitrogens with one attached hydrogen (secondary N) is 1. The molecule has 1 aromatic carbocycles. The third-order valence-corrected chi connectivity index (χ3v) is 4.55. The number of sulfonamides is 1. The lowest BCUT2D eigenvalue weighted by Gasteiger charge is -2.15. The summed E-state index contributed by atoms with van der Waals surface area (Å²) in [6.45, 7) is 6.00. The Morgan fingerprint density at radius 3 is 2.15 bits per heavy atom. The highest BCUT2D eigenvalue weighted by molar-refractivity contribution is 7.89. The van der Waals surface area contributed by atoms with Crippen LogP contribution in [0.3, 0.4) is 0 Å². The van der Waals surface area contributed by atoms with Gasteiger partial charge in [-0.15, -0.1) is 0 Å². The molecule has 1 rings (SSSR count). The third kappa shape index (κ3) is 4.94. The zero-order valence-corrected chi connectivity index (χ0v) is 12.8. The van der Waals surface area contributed by atoms with E-state index >= 15 is 0 Å². The van der Waals surface area contributed by atoms with Crippen molar-refractivity contribution >= 4 is 16.0 Å². The molecule has 0 bridgehead atoms. The van der Waals surface area contributed by atoms with Gasteiger partial charge in [0, 0.05) is 6.04 Å². The van der Waals surface area contributed by atoms with E-state index in [2.05, 4.69) is 18.6 Å². The minimum atomic E-state index is -3.59. The molecular weight excluding hydrogens is 278 g/mol. The number of carboxylic acid groups (broad SMARTS) is 1. The average molecular weight is 299 g/mol. The van der Waals surface area contributed by atoms with Gasteiger partial charge in [0.05, 0.1) is 10.5 Å². The van der Waals surface area contributed by atoms with Crippen molar-refractivity contribution in [2.75, 3.05) is 0 Å². The molecule has 1 unspecified atom stereocenters. The van der Waals surface area contributed by atoms with Gasteiger partial charge in [0.1, 0.15) is 0 Å². The summed E-state index contributed by atoms with van der Waals surface area (Å²) in [5.41, 5.74) is 0.0665. The monoisotopic (exact) mass is 299 g/mol. The number of benzene rings is 1. The van der Waals surface area contributed by atoms with Crippen LogP contribution in [0.25, 0.3) is 0 Å². The van der Waals surface area contributed by atoms with Gasteiger partial charge < -0.3 is 5.11 Å². The van der Waals surface area contributed by atoms with Gasteiger partial charge in [0.2, 0.25) is 10.0 Å². The second-order valence-electron chi connectivity index (χ2n) is 5.32. The number of aromatic carboxylic acids is 1. The van der Waals surface area contributed by atoms with Gasteiger partial charge >= 0.3 is 5.97 Å². The van der Waals surface area contributed by atoms with Crippen LogP contribution in [0.5, 0.6) is 0 Å².